The van der Waals surface area contributed by atoms with E-state index < -0.39 is 0 Å². The Balaban J connectivity index is 2.34. The average Bonchev–Trinajstić information content (AvgIpc) is 2.76. The van der Waals surface area contributed by atoms with Crippen molar-refractivity contribution in [1.82, 2.24) is 14.7 Å². The van der Waals surface area contributed by atoms with Crippen LogP contribution in [0.2, 0.25) is 0 Å². The van der Waals surface area contributed by atoms with Gasteiger partial charge in [-0.3, -0.25) is 0 Å². The molecule has 0 bridgehead atoms. The first-order chi connectivity index (χ1) is 9.50. The molecule has 1 N–H and O–H groups in total. The van der Waals surface area contributed by atoms with E-state index in [0.717, 1.165) is 24.6 Å². The van der Waals surface area contributed by atoms with Crippen LogP contribution in [-0.4, -0.2) is 29.0 Å². The summed E-state index contributed by atoms with van der Waals surface area (Å²) in [6.45, 7) is 10.7. The highest BCUT2D eigenvalue weighted by Gasteiger charge is 2.17. The molecule has 0 saturated carbocycles. The van der Waals surface area contributed by atoms with Gasteiger partial charge in [0.1, 0.15) is 5.65 Å². The van der Waals surface area contributed by atoms with Gasteiger partial charge in [-0.25, -0.2) is 4.98 Å². The highest BCUT2D eigenvalue weighted by molar-refractivity contribution is 5.56. The Hall–Kier alpha value is -1.55. The van der Waals surface area contributed by atoms with Crippen molar-refractivity contribution >= 4 is 11.5 Å². The number of aromatic nitrogens is 2. The molecule has 0 aliphatic rings. The standard InChI is InChI=1S/C16H26N4/c1-12(2)10-17-11-14-16(19(5)13(3)4)18-15-8-6-7-9-20(14)15/h6-9,12-13,17H,10-11H2,1-5H3. The van der Waals surface area contributed by atoms with E-state index in [1.165, 1.54) is 5.69 Å². The van der Waals surface area contributed by atoms with Crippen LogP contribution in [0.5, 0.6) is 0 Å². The number of pyridine rings is 1. The molecule has 2 aromatic heterocycles. The fourth-order valence-corrected chi connectivity index (χ4v) is 2.20. The second-order valence-electron chi connectivity index (χ2n) is 6.04. The lowest BCUT2D eigenvalue weighted by atomic mass is 10.2. The zero-order valence-corrected chi connectivity index (χ0v) is 13.2. The molecule has 0 radical (unpaired) electrons. The maximum absolute atomic E-state index is 4.78. The number of rotatable bonds is 6. The minimum Gasteiger partial charge on any atom is -0.356 e. The predicted octanol–water partition coefficient (Wildman–Crippen LogP) is 2.92. The Morgan fingerprint density at radius 1 is 1.25 bits per heavy atom. The third kappa shape index (κ3) is 3.12. The highest BCUT2D eigenvalue weighted by Crippen LogP contribution is 2.22. The Bertz CT molecular complexity index is 557. The first kappa shape index (κ1) is 14.9. The van der Waals surface area contributed by atoms with E-state index in [9.17, 15) is 0 Å². The van der Waals surface area contributed by atoms with E-state index in [0.29, 0.717) is 12.0 Å². The van der Waals surface area contributed by atoms with Crippen LogP contribution in [0.1, 0.15) is 33.4 Å². The Kier molecular flexibility index (Phi) is 4.65. The van der Waals surface area contributed by atoms with Gasteiger partial charge < -0.3 is 14.6 Å². The van der Waals surface area contributed by atoms with Crippen LogP contribution in [0.25, 0.3) is 5.65 Å². The van der Waals surface area contributed by atoms with Crippen LogP contribution >= 0.6 is 0 Å². The van der Waals surface area contributed by atoms with Crippen LogP contribution in [0.4, 0.5) is 5.82 Å². The van der Waals surface area contributed by atoms with Crippen LogP contribution in [0.3, 0.4) is 0 Å². The smallest absolute Gasteiger partial charge is 0.152 e. The predicted molar refractivity (Wildman–Crippen MR) is 85.3 cm³/mol. The quantitative estimate of drug-likeness (QED) is 0.879. The molecular weight excluding hydrogens is 248 g/mol. The summed E-state index contributed by atoms with van der Waals surface area (Å²) in [6.07, 6.45) is 2.09. The van der Waals surface area contributed by atoms with Crippen molar-refractivity contribution in [2.75, 3.05) is 18.5 Å². The summed E-state index contributed by atoms with van der Waals surface area (Å²) < 4.78 is 2.18. The van der Waals surface area contributed by atoms with Crippen molar-refractivity contribution in [3.05, 3.63) is 30.1 Å². The molecule has 4 nitrogen and oxygen atoms in total. The van der Waals surface area contributed by atoms with Crippen LogP contribution < -0.4 is 10.2 Å². The molecule has 0 aliphatic heterocycles. The second-order valence-corrected chi connectivity index (χ2v) is 6.04. The molecule has 0 amide bonds. The van der Waals surface area contributed by atoms with Gasteiger partial charge in [0.15, 0.2) is 5.82 Å². The zero-order valence-electron chi connectivity index (χ0n) is 13.2. The summed E-state index contributed by atoms with van der Waals surface area (Å²) in [5, 5.41) is 3.53. The van der Waals surface area contributed by atoms with Crippen LogP contribution in [-0.2, 0) is 6.54 Å². The molecule has 0 unspecified atom stereocenters. The molecule has 2 heterocycles. The highest BCUT2D eigenvalue weighted by atomic mass is 15.2. The number of hydrogen-bond donors (Lipinski definition) is 1. The van der Waals surface area contributed by atoms with Crippen molar-refractivity contribution in [1.29, 1.82) is 0 Å². The molecule has 0 fully saturated rings. The maximum atomic E-state index is 4.78. The van der Waals surface area contributed by atoms with Gasteiger partial charge in [-0.15, -0.1) is 0 Å². The van der Waals surface area contributed by atoms with Gasteiger partial charge in [0.2, 0.25) is 0 Å². The number of fused-ring (bicyclic) bond motifs is 1. The van der Waals surface area contributed by atoms with E-state index in [2.05, 4.69) is 67.7 Å². The molecule has 4 heteroatoms. The number of anilines is 1. The normalized spacial score (nSPS) is 11.8. The third-order valence-electron chi connectivity index (χ3n) is 3.56. The molecule has 20 heavy (non-hydrogen) atoms. The summed E-state index contributed by atoms with van der Waals surface area (Å²) >= 11 is 0. The van der Waals surface area contributed by atoms with Crippen molar-refractivity contribution < 1.29 is 0 Å². The lowest BCUT2D eigenvalue weighted by Gasteiger charge is -2.22. The monoisotopic (exact) mass is 274 g/mol. The topological polar surface area (TPSA) is 32.6 Å². The van der Waals surface area contributed by atoms with E-state index >= 15 is 0 Å². The van der Waals surface area contributed by atoms with Crippen molar-refractivity contribution in [3.8, 4) is 0 Å². The summed E-state index contributed by atoms with van der Waals surface area (Å²) in [4.78, 5) is 7.02. The molecular formula is C16H26N4. The maximum Gasteiger partial charge on any atom is 0.152 e. The van der Waals surface area contributed by atoms with Gasteiger partial charge in [-0.05, 0) is 38.4 Å². The zero-order chi connectivity index (χ0) is 14.7. The van der Waals surface area contributed by atoms with Gasteiger partial charge in [0.05, 0.1) is 5.69 Å². The number of hydrogen-bond acceptors (Lipinski definition) is 3. The van der Waals surface area contributed by atoms with Crippen molar-refractivity contribution in [3.63, 3.8) is 0 Å². The van der Waals surface area contributed by atoms with E-state index in [1.54, 1.807) is 0 Å². The minimum atomic E-state index is 0.434. The Morgan fingerprint density at radius 3 is 2.65 bits per heavy atom. The molecule has 2 rings (SSSR count). The third-order valence-corrected chi connectivity index (χ3v) is 3.56. The number of nitrogens with one attached hydrogen (secondary N) is 1. The van der Waals surface area contributed by atoms with Crippen molar-refractivity contribution in [2.24, 2.45) is 5.92 Å². The molecule has 2 aromatic rings. The van der Waals surface area contributed by atoms with Crippen molar-refractivity contribution in [2.45, 2.75) is 40.3 Å². The van der Waals surface area contributed by atoms with E-state index in [-0.39, 0.29) is 0 Å². The fourth-order valence-electron chi connectivity index (χ4n) is 2.20. The van der Waals surface area contributed by atoms with Crippen LogP contribution in [0.15, 0.2) is 24.4 Å². The first-order valence-corrected chi connectivity index (χ1v) is 7.40. The van der Waals surface area contributed by atoms with Crippen LogP contribution in [0, 0.1) is 5.92 Å². The summed E-state index contributed by atoms with van der Waals surface area (Å²) in [7, 11) is 2.11. The Labute approximate surface area is 121 Å². The number of imidazole rings is 1. The molecule has 0 spiro atoms. The van der Waals surface area contributed by atoms with E-state index in [4.69, 9.17) is 4.98 Å². The van der Waals surface area contributed by atoms with E-state index in [1.807, 2.05) is 6.07 Å². The lowest BCUT2D eigenvalue weighted by Crippen LogP contribution is -2.28. The first-order valence-electron chi connectivity index (χ1n) is 7.40. The number of nitrogens with zero attached hydrogens (tertiary/aromatic N) is 3. The molecule has 110 valence electrons. The average molecular weight is 274 g/mol. The second kappa shape index (κ2) is 6.27. The lowest BCUT2D eigenvalue weighted by molar-refractivity contribution is 0.546. The molecule has 0 atom stereocenters. The van der Waals surface area contributed by atoms with Gasteiger partial charge in [0, 0.05) is 25.8 Å². The SMILES string of the molecule is CC(C)CNCc1c(N(C)C(C)C)nc2ccccn12. The Morgan fingerprint density at radius 2 is 2.00 bits per heavy atom. The minimum absolute atomic E-state index is 0.434. The largest absolute Gasteiger partial charge is 0.356 e. The fraction of sp³-hybridized carbons (Fsp3) is 0.562. The summed E-state index contributed by atoms with van der Waals surface area (Å²) in [6, 6.07) is 6.58. The summed E-state index contributed by atoms with van der Waals surface area (Å²) in [5.41, 5.74) is 2.24. The molecule has 0 saturated heterocycles. The van der Waals surface area contributed by atoms with Gasteiger partial charge in [0.25, 0.3) is 0 Å². The van der Waals surface area contributed by atoms with Gasteiger partial charge >= 0.3 is 0 Å². The van der Waals surface area contributed by atoms with Gasteiger partial charge in [-0.2, -0.15) is 0 Å². The summed E-state index contributed by atoms with van der Waals surface area (Å²) in [5.74, 6) is 1.72. The molecule has 0 aliphatic carbocycles. The molecule has 0 aromatic carbocycles. The van der Waals surface area contributed by atoms with Gasteiger partial charge in [-0.1, -0.05) is 19.9 Å².